The van der Waals surface area contributed by atoms with Crippen LogP contribution >= 0.6 is 0 Å². The molecule has 2 N–H and O–H groups in total. The summed E-state index contributed by atoms with van der Waals surface area (Å²) in [4.78, 5) is 0. The smallest absolute Gasteiger partial charge is 0.122 e. The van der Waals surface area contributed by atoms with Crippen LogP contribution < -0.4 is 10.5 Å². The van der Waals surface area contributed by atoms with Gasteiger partial charge in [0.05, 0.1) is 6.10 Å². The van der Waals surface area contributed by atoms with Crippen LogP contribution in [0.3, 0.4) is 0 Å². The lowest BCUT2D eigenvalue weighted by atomic mass is 9.77. The molecule has 18 heavy (non-hydrogen) atoms. The second kappa shape index (κ2) is 4.58. The maximum Gasteiger partial charge on any atom is 0.122 e. The van der Waals surface area contributed by atoms with E-state index in [-0.39, 0.29) is 5.54 Å². The van der Waals surface area contributed by atoms with E-state index in [1.54, 1.807) is 0 Å². The number of aryl methyl sites for hydroxylation is 1. The quantitative estimate of drug-likeness (QED) is 0.821. The van der Waals surface area contributed by atoms with Crippen LogP contribution in [0.4, 0.5) is 0 Å². The molecular weight excluding hydrogens is 222 g/mol. The molecule has 1 heterocycles. The van der Waals surface area contributed by atoms with Crippen molar-refractivity contribution in [3.63, 3.8) is 0 Å². The Morgan fingerprint density at radius 3 is 2.78 bits per heavy atom. The summed E-state index contributed by atoms with van der Waals surface area (Å²) in [6.45, 7) is 2.14. The van der Waals surface area contributed by atoms with E-state index in [9.17, 15) is 0 Å². The van der Waals surface area contributed by atoms with Crippen LogP contribution in [0.1, 0.15) is 56.6 Å². The summed E-state index contributed by atoms with van der Waals surface area (Å²) in [5.41, 5.74) is 9.18. The summed E-state index contributed by atoms with van der Waals surface area (Å²) < 4.78 is 5.87. The molecule has 0 bridgehead atoms. The average Bonchev–Trinajstić information content (AvgIpc) is 2.39. The van der Waals surface area contributed by atoms with Crippen LogP contribution in [-0.4, -0.2) is 6.10 Å². The summed E-state index contributed by atoms with van der Waals surface area (Å²) in [5, 5.41) is 0. The van der Waals surface area contributed by atoms with Gasteiger partial charge in [0.25, 0.3) is 0 Å². The number of fused-ring (bicyclic) bond motifs is 1. The third-order valence-corrected chi connectivity index (χ3v) is 4.53. The number of hydrogen-bond acceptors (Lipinski definition) is 2. The van der Waals surface area contributed by atoms with Gasteiger partial charge >= 0.3 is 0 Å². The molecule has 3 rings (SSSR count). The van der Waals surface area contributed by atoms with E-state index in [1.807, 2.05) is 0 Å². The molecule has 2 nitrogen and oxygen atoms in total. The van der Waals surface area contributed by atoms with Gasteiger partial charge in [0.15, 0.2) is 0 Å². The molecule has 0 amide bonds. The van der Waals surface area contributed by atoms with Crippen molar-refractivity contribution in [1.82, 2.24) is 0 Å². The Kier molecular flexibility index (Phi) is 3.06. The van der Waals surface area contributed by atoms with Gasteiger partial charge in [-0.25, -0.2) is 0 Å². The maximum absolute atomic E-state index is 6.60. The third-order valence-electron chi connectivity index (χ3n) is 4.53. The van der Waals surface area contributed by atoms with Gasteiger partial charge in [-0.05, 0) is 49.8 Å². The minimum absolute atomic E-state index is 0.0870. The molecular formula is C16H23NO. The molecule has 0 spiro atoms. The van der Waals surface area contributed by atoms with Crippen LogP contribution in [0, 0.1) is 0 Å². The fraction of sp³-hybridized carbons (Fsp3) is 0.625. The summed E-state index contributed by atoms with van der Waals surface area (Å²) in [5.74, 6) is 1.07. The average molecular weight is 245 g/mol. The third kappa shape index (κ3) is 2.14. The van der Waals surface area contributed by atoms with Crippen molar-refractivity contribution in [1.29, 1.82) is 0 Å². The van der Waals surface area contributed by atoms with E-state index in [4.69, 9.17) is 10.5 Å². The highest BCUT2D eigenvalue weighted by Gasteiger charge is 2.30. The number of nitrogens with two attached hydrogens (primary N) is 1. The molecule has 1 aromatic rings. The molecule has 1 aliphatic carbocycles. The zero-order valence-electron chi connectivity index (χ0n) is 11.2. The highest BCUT2D eigenvalue weighted by Crippen LogP contribution is 2.37. The normalized spacial score (nSPS) is 26.2. The van der Waals surface area contributed by atoms with E-state index in [1.165, 1.54) is 30.4 Å². The monoisotopic (exact) mass is 245 g/mol. The molecule has 98 valence electrons. The standard InChI is InChI=1S/C16H23NO/c1-12-5-6-13-11-14(7-8-15(13)18-12)16(17)9-3-2-4-10-16/h7-8,11-12H,2-6,9-10,17H2,1H3. The lowest BCUT2D eigenvalue weighted by Gasteiger charge is -2.35. The minimum atomic E-state index is -0.0870. The first-order chi connectivity index (χ1) is 8.67. The lowest BCUT2D eigenvalue weighted by molar-refractivity contribution is 0.192. The first kappa shape index (κ1) is 12.0. The van der Waals surface area contributed by atoms with Crippen molar-refractivity contribution in [2.45, 2.75) is 63.5 Å². The molecule has 1 aliphatic heterocycles. The van der Waals surface area contributed by atoms with Crippen molar-refractivity contribution in [2.75, 3.05) is 0 Å². The number of ether oxygens (including phenoxy) is 1. The molecule has 0 saturated heterocycles. The molecule has 0 radical (unpaired) electrons. The van der Waals surface area contributed by atoms with E-state index in [0.717, 1.165) is 31.4 Å². The second-order valence-electron chi connectivity index (χ2n) is 6.01. The van der Waals surface area contributed by atoms with Crippen LogP contribution in [-0.2, 0) is 12.0 Å². The van der Waals surface area contributed by atoms with Gasteiger partial charge < -0.3 is 10.5 Å². The first-order valence-corrected chi connectivity index (χ1v) is 7.26. The van der Waals surface area contributed by atoms with E-state index in [2.05, 4.69) is 25.1 Å². The Labute approximate surface area is 110 Å². The van der Waals surface area contributed by atoms with Gasteiger partial charge in [0, 0.05) is 5.54 Å². The topological polar surface area (TPSA) is 35.2 Å². The fourth-order valence-corrected chi connectivity index (χ4v) is 3.31. The summed E-state index contributed by atoms with van der Waals surface area (Å²) in [6, 6.07) is 6.61. The van der Waals surface area contributed by atoms with Gasteiger partial charge in [-0.2, -0.15) is 0 Å². The van der Waals surface area contributed by atoms with Gasteiger partial charge in [0.2, 0.25) is 0 Å². The van der Waals surface area contributed by atoms with Crippen LogP contribution in [0.2, 0.25) is 0 Å². The van der Waals surface area contributed by atoms with Crippen LogP contribution in [0.15, 0.2) is 18.2 Å². The van der Waals surface area contributed by atoms with Crippen molar-refractivity contribution in [3.05, 3.63) is 29.3 Å². The highest BCUT2D eigenvalue weighted by atomic mass is 16.5. The van der Waals surface area contributed by atoms with Crippen molar-refractivity contribution in [3.8, 4) is 5.75 Å². The lowest BCUT2D eigenvalue weighted by Crippen LogP contribution is -2.38. The van der Waals surface area contributed by atoms with E-state index >= 15 is 0 Å². The van der Waals surface area contributed by atoms with Crippen LogP contribution in [0.5, 0.6) is 5.75 Å². The Balaban J connectivity index is 1.90. The summed E-state index contributed by atoms with van der Waals surface area (Å²) >= 11 is 0. The Morgan fingerprint density at radius 2 is 2.00 bits per heavy atom. The van der Waals surface area contributed by atoms with E-state index < -0.39 is 0 Å². The largest absolute Gasteiger partial charge is 0.490 e. The fourth-order valence-electron chi connectivity index (χ4n) is 3.31. The molecule has 2 heteroatoms. The zero-order valence-corrected chi connectivity index (χ0v) is 11.2. The highest BCUT2D eigenvalue weighted by molar-refractivity contribution is 5.41. The molecule has 1 unspecified atom stereocenters. The van der Waals surface area contributed by atoms with Gasteiger partial charge in [-0.1, -0.05) is 31.4 Å². The number of rotatable bonds is 1. The van der Waals surface area contributed by atoms with Gasteiger partial charge in [0.1, 0.15) is 5.75 Å². The maximum atomic E-state index is 6.60. The Morgan fingerprint density at radius 1 is 1.22 bits per heavy atom. The number of hydrogen-bond donors (Lipinski definition) is 1. The number of benzene rings is 1. The van der Waals surface area contributed by atoms with Crippen LogP contribution in [0.25, 0.3) is 0 Å². The predicted octanol–water partition coefficient (Wildman–Crippen LogP) is 3.52. The van der Waals surface area contributed by atoms with E-state index in [0.29, 0.717) is 6.10 Å². The molecule has 1 fully saturated rings. The van der Waals surface area contributed by atoms with Gasteiger partial charge in [-0.3, -0.25) is 0 Å². The first-order valence-electron chi connectivity index (χ1n) is 7.26. The summed E-state index contributed by atoms with van der Waals surface area (Å²) in [7, 11) is 0. The molecule has 1 saturated carbocycles. The molecule has 1 atom stereocenters. The SMILES string of the molecule is CC1CCc2cc(C3(N)CCCCC3)ccc2O1. The minimum Gasteiger partial charge on any atom is -0.490 e. The summed E-state index contributed by atoms with van der Waals surface area (Å²) in [6.07, 6.45) is 8.72. The van der Waals surface area contributed by atoms with Crippen molar-refractivity contribution in [2.24, 2.45) is 5.73 Å². The molecule has 2 aliphatic rings. The zero-order chi connectivity index (χ0) is 12.6. The Hall–Kier alpha value is -1.02. The van der Waals surface area contributed by atoms with Crippen molar-refractivity contribution >= 4 is 0 Å². The second-order valence-corrected chi connectivity index (χ2v) is 6.01. The molecule has 1 aromatic carbocycles. The Bertz CT molecular complexity index is 435. The predicted molar refractivity (Wildman–Crippen MR) is 73.8 cm³/mol. The van der Waals surface area contributed by atoms with Crippen molar-refractivity contribution < 1.29 is 4.74 Å². The molecule has 0 aromatic heterocycles. The van der Waals surface area contributed by atoms with Gasteiger partial charge in [-0.15, -0.1) is 0 Å².